The predicted molar refractivity (Wildman–Crippen MR) is 75.3 cm³/mol. The third-order valence-corrected chi connectivity index (χ3v) is 2.99. The zero-order valence-corrected chi connectivity index (χ0v) is 10.7. The maximum Gasteiger partial charge on any atom is 0.224 e. The standard InChI is InChI=1S/C13H11N7/c1-20(9-4-2-8(6-14)3-5-9)12-10-11(17-7-16-10)18-13(15)19-12/h2-5,7H,1H3,(H3,15,16,17,18,19). The van der Waals surface area contributed by atoms with Gasteiger partial charge < -0.3 is 15.6 Å². The normalized spacial score (nSPS) is 10.4. The van der Waals surface area contributed by atoms with E-state index in [9.17, 15) is 0 Å². The fourth-order valence-corrected chi connectivity index (χ4v) is 1.96. The molecule has 0 bridgehead atoms. The Morgan fingerprint density at radius 2 is 2.00 bits per heavy atom. The van der Waals surface area contributed by atoms with Gasteiger partial charge in [-0.1, -0.05) is 0 Å². The molecule has 0 saturated carbocycles. The molecule has 0 saturated heterocycles. The van der Waals surface area contributed by atoms with Crippen LogP contribution >= 0.6 is 0 Å². The molecule has 0 aliphatic rings. The van der Waals surface area contributed by atoms with Crippen molar-refractivity contribution in [2.75, 3.05) is 17.7 Å². The molecular weight excluding hydrogens is 254 g/mol. The summed E-state index contributed by atoms with van der Waals surface area (Å²) < 4.78 is 0. The van der Waals surface area contributed by atoms with E-state index in [0.29, 0.717) is 22.5 Å². The Bertz CT molecular complexity index is 798. The van der Waals surface area contributed by atoms with E-state index in [1.165, 1.54) is 0 Å². The number of anilines is 3. The number of fused-ring (bicyclic) bond motifs is 1. The Hall–Kier alpha value is -3.14. The van der Waals surface area contributed by atoms with Gasteiger partial charge in [0.2, 0.25) is 5.95 Å². The summed E-state index contributed by atoms with van der Waals surface area (Å²) in [6.45, 7) is 0. The lowest BCUT2D eigenvalue weighted by Crippen LogP contribution is -2.13. The summed E-state index contributed by atoms with van der Waals surface area (Å²) in [5.41, 5.74) is 8.43. The van der Waals surface area contributed by atoms with Gasteiger partial charge in [0.05, 0.1) is 18.0 Å². The number of nitrogens with two attached hydrogens (primary N) is 1. The van der Waals surface area contributed by atoms with Crippen LogP contribution in [-0.2, 0) is 0 Å². The summed E-state index contributed by atoms with van der Waals surface area (Å²) in [5.74, 6) is 0.801. The van der Waals surface area contributed by atoms with Crippen LogP contribution in [0.25, 0.3) is 11.2 Å². The molecule has 98 valence electrons. The summed E-state index contributed by atoms with van der Waals surface area (Å²) >= 11 is 0. The van der Waals surface area contributed by atoms with Crippen LogP contribution in [0, 0.1) is 11.3 Å². The number of H-pyrrole nitrogens is 1. The first-order chi connectivity index (χ1) is 9.69. The van der Waals surface area contributed by atoms with Crippen molar-refractivity contribution in [2.24, 2.45) is 0 Å². The molecule has 0 atom stereocenters. The molecule has 3 aromatic rings. The topological polar surface area (TPSA) is 108 Å². The van der Waals surface area contributed by atoms with E-state index in [1.807, 2.05) is 24.1 Å². The monoisotopic (exact) mass is 265 g/mol. The van der Waals surface area contributed by atoms with Gasteiger partial charge in [-0.05, 0) is 24.3 Å². The lowest BCUT2D eigenvalue weighted by molar-refractivity contribution is 1.11. The van der Waals surface area contributed by atoms with Gasteiger partial charge in [0.25, 0.3) is 0 Å². The number of imidazole rings is 1. The molecule has 2 heterocycles. The smallest absolute Gasteiger partial charge is 0.224 e. The van der Waals surface area contributed by atoms with Crippen molar-refractivity contribution in [3.05, 3.63) is 36.2 Å². The molecule has 3 rings (SSSR count). The Balaban J connectivity index is 2.09. The lowest BCUT2D eigenvalue weighted by Gasteiger charge is -2.18. The number of hydrogen-bond acceptors (Lipinski definition) is 6. The van der Waals surface area contributed by atoms with Crippen LogP contribution < -0.4 is 10.6 Å². The second kappa shape index (κ2) is 4.51. The second-order valence-corrected chi connectivity index (χ2v) is 4.22. The van der Waals surface area contributed by atoms with E-state index in [4.69, 9.17) is 11.0 Å². The number of nitrogens with zero attached hydrogens (tertiary/aromatic N) is 5. The highest BCUT2D eigenvalue weighted by Crippen LogP contribution is 2.27. The van der Waals surface area contributed by atoms with Crippen LogP contribution in [0.1, 0.15) is 5.56 Å². The van der Waals surface area contributed by atoms with Gasteiger partial charge in [-0.2, -0.15) is 15.2 Å². The minimum atomic E-state index is 0.167. The first-order valence-electron chi connectivity index (χ1n) is 5.89. The summed E-state index contributed by atoms with van der Waals surface area (Å²) in [4.78, 5) is 17.3. The van der Waals surface area contributed by atoms with Gasteiger partial charge in [-0.25, -0.2) is 4.98 Å². The summed E-state index contributed by atoms with van der Waals surface area (Å²) in [6.07, 6.45) is 1.55. The minimum Gasteiger partial charge on any atom is -0.368 e. The molecule has 2 aromatic heterocycles. The SMILES string of the molecule is CN(c1ccc(C#N)cc1)c1nc(N)nc2nc[nH]c12. The van der Waals surface area contributed by atoms with Crippen molar-refractivity contribution in [3.8, 4) is 6.07 Å². The molecule has 20 heavy (non-hydrogen) atoms. The summed E-state index contributed by atoms with van der Waals surface area (Å²) in [6, 6.07) is 9.28. The van der Waals surface area contributed by atoms with Crippen molar-refractivity contribution in [1.29, 1.82) is 5.26 Å². The average Bonchev–Trinajstić information content (AvgIpc) is 2.94. The van der Waals surface area contributed by atoms with E-state index in [-0.39, 0.29) is 5.95 Å². The predicted octanol–water partition coefficient (Wildman–Crippen LogP) is 1.57. The Labute approximate surface area is 114 Å². The maximum atomic E-state index is 8.82. The molecule has 1 aromatic carbocycles. The van der Waals surface area contributed by atoms with Crippen molar-refractivity contribution >= 4 is 28.6 Å². The molecule has 0 unspecified atom stereocenters. The highest BCUT2D eigenvalue weighted by molar-refractivity contribution is 5.86. The molecule has 7 nitrogen and oxygen atoms in total. The quantitative estimate of drug-likeness (QED) is 0.728. The average molecular weight is 265 g/mol. The molecule has 0 spiro atoms. The molecular formula is C13H11N7. The highest BCUT2D eigenvalue weighted by Gasteiger charge is 2.13. The number of aromatic nitrogens is 4. The zero-order chi connectivity index (χ0) is 14.1. The van der Waals surface area contributed by atoms with E-state index in [2.05, 4.69) is 26.0 Å². The maximum absolute atomic E-state index is 8.82. The number of benzene rings is 1. The number of hydrogen-bond donors (Lipinski definition) is 2. The molecule has 3 N–H and O–H groups in total. The first-order valence-corrected chi connectivity index (χ1v) is 5.89. The number of rotatable bonds is 2. The molecule has 0 fully saturated rings. The fourth-order valence-electron chi connectivity index (χ4n) is 1.96. The van der Waals surface area contributed by atoms with Crippen LogP contribution in [0.15, 0.2) is 30.6 Å². The number of nitriles is 1. The molecule has 7 heteroatoms. The van der Waals surface area contributed by atoms with Crippen molar-refractivity contribution < 1.29 is 0 Å². The van der Waals surface area contributed by atoms with Gasteiger partial charge in [0.1, 0.15) is 5.52 Å². The molecule has 0 radical (unpaired) electrons. The van der Waals surface area contributed by atoms with E-state index in [0.717, 1.165) is 5.69 Å². The number of aromatic amines is 1. The summed E-state index contributed by atoms with van der Waals surface area (Å²) in [5, 5.41) is 8.82. The van der Waals surface area contributed by atoms with Gasteiger partial charge in [-0.15, -0.1) is 0 Å². The molecule has 0 aliphatic carbocycles. The Morgan fingerprint density at radius 1 is 1.25 bits per heavy atom. The minimum absolute atomic E-state index is 0.167. The Kier molecular flexibility index (Phi) is 2.69. The number of nitrogens with one attached hydrogen (secondary N) is 1. The molecule has 0 aliphatic heterocycles. The summed E-state index contributed by atoms with van der Waals surface area (Å²) in [7, 11) is 1.86. The van der Waals surface area contributed by atoms with Crippen molar-refractivity contribution in [3.63, 3.8) is 0 Å². The number of nitrogen functional groups attached to an aromatic ring is 1. The van der Waals surface area contributed by atoms with Gasteiger partial charge in [0.15, 0.2) is 11.5 Å². The lowest BCUT2D eigenvalue weighted by atomic mass is 10.2. The zero-order valence-electron chi connectivity index (χ0n) is 10.7. The Morgan fingerprint density at radius 3 is 2.70 bits per heavy atom. The molecule has 0 amide bonds. The van der Waals surface area contributed by atoms with Crippen LogP contribution in [0.4, 0.5) is 17.5 Å². The highest BCUT2D eigenvalue weighted by atomic mass is 15.2. The van der Waals surface area contributed by atoms with E-state index in [1.54, 1.807) is 18.5 Å². The third kappa shape index (κ3) is 1.89. The van der Waals surface area contributed by atoms with Crippen LogP contribution in [0.3, 0.4) is 0 Å². The first kappa shape index (κ1) is 11.9. The fraction of sp³-hybridized carbons (Fsp3) is 0.0769. The second-order valence-electron chi connectivity index (χ2n) is 4.22. The van der Waals surface area contributed by atoms with Crippen molar-refractivity contribution in [2.45, 2.75) is 0 Å². The van der Waals surface area contributed by atoms with Crippen LogP contribution in [0.2, 0.25) is 0 Å². The van der Waals surface area contributed by atoms with E-state index >= 15 is 0 Å². The van der Waals surface area contributed by atoms with Crippen molar-refractivity contribution in [1.82, 2.24) is 19.9 Å². The van der Waals surface area contributed by atoms with Gasteiger partial charge in [-0.3, -0.25) is 0 Å². The third-order valence-electron chi connectivity index (χ3n) is 2.99. The van der Waals surface area contributed by atoms with Gasteiger partial charge >= 0.3 is 0 Å². The van der Waals surface area contributed by atoms with Gasteiger partial charge in [0, 0.05) is 12.7 Å². The largest absolute Gasteiger partial charge is 0.368 e. The van der Waals surface area contributed by atoms with E-state index < -0.39 is 0 Å². The van der Waals surface area contributed by atoms with Crippen LogP contribution in [-0.4, -0.2) is 27.0 Å². The van der Waals surface area contributed by atoms with Crippen LogP contribution in [0.5, 0.6) is 0 Å².